The molecule has 1 saturated carbocycles. The van der Waals surface area contributed by atoms with Gasteiger partial charge in [0.2, 0.25) is 0 Å². The highest BCUT2D eigenvalue weighted by molar-refractivity contribution is 14.0. The van der Waals surface area contributed by atoms with E-state index in [1.165, 1.54) is 50.5 Å². The van der Waals surface area contributed by atoms with Crippen LogP contribution in [0.2, 0.25) is 0 Å². The van der Waals surface area contributed by atoms with Crippen LogP contribution in [0, 0.1) is 0 Å². The zero-order valence-electron chi connectivity index (χ0n) is 19.7. The Bertz CT molecular complexity index is 712. The molecular weight excluding hydrogens is 515 g/mol. The molecule has 3 aliphatic rings. The molecular formula is C24H41IN6O. The van der Waals surface area contributed by atoms with E-state index in [4.69, 9.17) is 9.73 Å². The van der Waals surface area contributed by atoms with E-state index in [0.29, 0.717) is 6.54 Å². The van der Waals surface area contributed by atoms with Gasteiger partial charge in [-0.2, -0.15) is 0 Å². The van der Waals surface area contributed by atoms with Crippen molar-refractivity contribution in [1.82, 2.24) is 20.5 Å². The largest absolute Gasteiger partial charge is 0.379 e. The number of nitrogens with one attached hydrogen (secondary N) is 2. The van der Waals surface area contributed by atoms with E-state index in [2.05, 4.69) is 44.5 Å². The van der Waals surface area contributed by atoms with Gasteiger partial charge >= 0.3 is 0 Å². The molecule has 2 saturated heterocycles. The molecule has 2 aliphatic heterocycles. The van der Waals surface area contributed by atoms with Crippen molar-refractivity contribution in [2.75, 3.05) is 57.4 Å². The van der Waals surface area contributed by atoms with Crippen molar-refractivity contribution in [3.05, 3.63) is 23.9 Å². The van der Waals surface area contributed by atoms with Gasteiger partial charge in [0, 0.05) is 51.0 Å². The predicted octanol–water partition coefficient (Wildman–Crippen LogP) is 3.39. The van der Waals surface area contributed by atoms with Crippen molar-refractivity contribution in [3.63, 3.8) is 0 Å². The highest BCUT2D eigenvalue weighted by Gasteiger charge is 2.38. The van der Waals surface area contributed by atoms with E-state index in [1.54, 1.807) is 0 Å². The van der Waals surface area contributed by atoms with Crippen molar-refractivity contribution in [3.8, 4) is 0 Å². The maximum Gasteiger partial charge on any atom is 0.191 e. The molecule has 7 nitrogen and oxygen atoms in total. The first-order chi connectivity index (χ1) is 15.3. The molecule has 0 unspecified atom stereocenters. The van der Waals surface area contributed by atoms with Crippen LogP contribution in [0.25, 0.3) is 0 Å². The lowest BCUT2D eigenvalue weighted by atomic mass is 9.80. The van der Waals surface area contributed by atoms with E-state index >= 15 is 0 Å². The summed E-state index contributed by atoms with van der Waals surface area (Å²) in [6.07, 6.45) is 11.0. The molecule has 0 spiro atoms. The Kier molecular flexibility index (Phi) is 10.3. The maximum absolute atomic E-state index is 5.63. The number of halogens is 1. The third kappa shape index (κ3) is 6.70. The van der Waals surface area contributed by atoms with Crippen molar-refractivity contribution in [2.24, 2.45) is 4.99 Å². The molecule has 8 heteroatoms. The van der Waals surface area contributed by atoms with Gasteiger partial charge in [-0.05, 0) is 50.3 Å². The topological polar surface area (TPSA) is 65.0 Å². The van der Waals surface area contributed by atoms with Crippen molar-refractivity contribution in [2.45, 2.75) is 64.0 Å². The lowest BCUT2D eigenvalue weighted by molar-refractivity contribution is -0.0352. The summed E-state index contributed by atoms with van der Waals surface area (Å²) in [6, 6.07) is 4.29. The lowest BCUT2D eigenvalue weighted by Crippen LogP contribution is -2.60. The summed E-state index contributed by atoms with van der Waals surface area (Å²) in [5.74, 6) is 2.01. The number of aliphatic imine (C=N–C) groups is 1. The molecule has 3 heterocycles. The van der Waals surface area contributed by atoms with Gasteiger partial charge in [0.25, 0.3) is 0 Å². The fraction of sp³-hybridized carbons (Fsp3) is 0.750. The minimum Gasteiger partial charge on any atom is -0.379 e. The molecule has 1 aromatic heterocycles. The summed E-state index contributed by atoms with van der Waals surface area (Å²) < 4.78 is 5.63. The average molecular weight is 557 g/mol. The summed E-state index contributed by atoms with van der Waals surface area (Å²) in [5, 5.41) is 7.15. The van der Waals surface area contributed by atoms with Gasteiger partial charge < -0.3 is 20.3 Å². The first-order valence-corrected chi connectivity index (χ1v) is 12.3. The molecule has 1 aromatic rings. The number of anilines is 1. The molecule has 0 radical (unpaired) electrons. The van der Waals surface area contributed by atoms with E-state index in [1.807, 2.05) is 6.20 Å². The average Bonchev–Trinajstić information content (AvgIpc) is 3.37. The highest BCUT2D eigenvalue weighted by atomic mass is 127. The summed E-state index contributed by atoms with van der Waals surface area (Å²) in [6.45, 7) is 10.7. The fourth-order valence-corrected chi connectivity index (χ4v) is 5.29. The van der Waals surface area contributed by atoms with Gasteiger partial charge in [-0.3, -0.25) is 4.90 Å². The number of pyridine rings is 1. The van der Waals surface area contributed by atoms with Crippen molar-refractivity contribution in [1.29, 1.82) is 0 Å². The number of morpholine rings is 1. The fourth-order valence-electron chi connectivity index (χ4n) is 5.29. The molecule has 180 valence electrons. The first-order valence-electron chi connectivity index (χ1n) is 12.3. The Labute approximate surface area is 210 Å². The molecule has 0 amide bonds. The number of guanidine groups is 1. The Balaban J connectivity index is 0.00000289. The van der Waals surface area contributed by atoms with E-state index in [9.17, 15) is 0 Å². The van der Waals surface area contributed by atoms with Crippen LogP contribution in [0.15, 0.2) is 23.3 Å². The summed E-state index contributed by atoms with van der Waals surface area (Å²) in [5.41, 5.74) is 1.45. The third-order valence-electron chi connectivity index (χ3n) is 7.05. The maximum atomic E-state index is 5.63. The minimum absolute atomic E-state index is 0. The molecule has 0 aromatic carbocycles. The molecule has 2 N–H and O–H groups in total. The van der Waals surface area contributed by atoms with Crippen LogP contribution in [0.1, 0.15) is 57.4 Å². The number of hydrogen-bond acceptors (Lipinski definition) is 5. The second kappa shape index (κ2) is 12.9. The van der Waals surface area contributed by atoms with E-state index in [-0.39, 0.29) is 29.5 Å². The number of rotatable bonds is 7. The third-order valence-corrected chi connectivity index (χ3v) is 7.05. The predicted molar refractivity (Wildman–Crippen MR) is 142 cm³/mol. The van der Waals surface area contributed by atoms with Gasteiger partial charge in [-0.1, -0.05) is 19.3 Å². The smallest absolute Gasteiger partial charge is 0.191 e. The number of hydrogen-bond donors (Lipinski definition) is 2. The SMILES string of the molecule is CCNC(=NCc1ccnc(N2CCCC2)c1)NCC1(N2CCOCC2)CCCCC1.I. The van der Waals surface area contributed by atoms with Crippen LogP contribution >= 0.6 is 24.0 Å². The van der Waals surface area contributed by atoms with Crippen LogP contribution in [0.4, 0.5) is 5.82 Å². The second-order valence-corrected chi connectivity index (χ2v) is 9.15. The zero-order valence-corrected chi connectivity index (χ0v) is 22.0. The molecule has 0 atom stereocenters. The molecule has 32 heavy (non-hydrogen) atoms. The van der Waals surface area contributed by atoms with Crippen molar-refractivity contribution >= 4 is 35.8 Å². The van der Waals surface area contributed by atoms with Gasteiger partial charge in [0.05, 0.1) is 19.8 Å². The van der Waals surface area contributed by atoms with Gasteiger partial charge in [-0.25, -0.2) is 9.98 Å². The molecule has 4 rings (SSSR count). The number of ether oxygens (including phenoxy) is 1. The van der Waals surface area contributed by atoms with Crippen LogP contribution in [-0.4, -0.2) is 73.9 Å². The van der Waals surface area contributed by atoms with E-state index in [0.717, 1.165) is 64.3 Å². The Morgan fingerprint density at radius 2 is 1.81 bits per heavy atom. The second-order valence-electron chi connectivity index (χ2n) is 9.15. The Hall–Kier alpha value is -1.13. The number of aromatic nitrogens is 1. The normalized spacial score (nSPS) is 21.8. The molecule has 0 bridgehead atoms. The quantitative estimate of drug-likeness (QED) is 0.305. The standard InChI is InChI=1S/C24H40N6O.HI/c1-2-25-23(27-19-21-8-11-26-22(18-21)29-12-6-7-13-29)28-20-24(9-4-3-5-10-24)30-14-16-31-17-15-30;/h8,11,18H,2-7,9-10,12-17,19-20H2,1H3,(H2,25,27,28);1H. The van der Waals surface area contributed by atoms with Crippen molar-refractivity contribution < 1.29 is 4.74 Å². The zero-order chi connectivity index (χ0) is 21.4. The molecule has 1 aliphatic carbocycles. The van der Waals surface area contributed by atoms with Crippen LogP contribution in [-0.2, 0) is 11.3 Å². The van der Waals surface area contributed by atoms with Crippen LogP contribution in [0.5, 0.6) is 0 Å². The van der Waals surface area contributed by atoms with E-state index < -0.39 is 0 Å². The summed E-state index contributed by atoms with van der Waals surface area (Å²) in [4.78, 5) is 14.5. The lowest BCUT2D eigenvalue weighted by Gasteiger charge is -2.48. The highest BCUT2D eigenvalue weighted by Crippen LogP contribution is 2.33. The van der Waals surface area contributed by atoms with Gasteiger partial charge in [0.15, 0.2) is 5.96 Å². The summed E-state index contributed by atoms with van der Waals surface area (Å²) >= 11 is 0. The molecule has 3 fully saturated rings. The first kappa shape index (κ1) is 25.5. The summed E-state index contributed by atoms with van der Waals surface area (Å²) in [7, 11) is 0. The monoisotopic (exact) mass is 556 g/mol. The Morgan fingerprint density at radius 1 is 1.06 bits per heavy atom. The van der Waals surface area contributed by atoms with Gasteiger partial charge in [0.1, 0.15) is 5.82 Å². The van der Waals surface area contributed by atoms with Crippen LogP contribution < -0.4 is 15.5 Å². The minimum atomic E-state index is 0. The number of nitrogens with zero attached hydrogens (tertiary/aromatic N) is 4. The van der Waals surface area contributed by atoms with Gasteiger partial charge in [-0.15, -0.1) is 24.0 Å². The Morgan fingerprint density at radius 3 is 2.53 bits per heavy atom. The van der Waals surface area contributed by atoms with Crippen LogP contribution in [0.3, 0.4) is 0 Å².